The van der Waals surface area contributed by atoms with Gasteiger partial charge < -0.3 is 15.8 Å². The number of hydrogen-bond acceptors (Lipinski definition) is 5. The van der Waals surface area contributed by atoms with E-state index in [1.807, 2.05) is 0 Å². The molecule has 5 nitrogen and oxygen atoms in total. The number of carbonyl (C=O) groups excluding carboxylic acids is 1. The third-order valence-corrected chi connectivity index (χ3v) is 3.07. The van der Waals surface area contributed by atoms with Crippen LogP contribution in [0.3, 0.4) is 0 Å². The van der Waals surface area contributed by atoms with Crippen LogP contribution < -0.4 is 11.1 Å². The maximum atomic E-state index is 11.5. The van der Waals surface area contributed by atoms with Gasteiger partial charge in [0.05, 0.1) is 24.6 Å². The Bertz CT molecular complexity index is 428. The lowest BCUT2D eigenvalue weighted by molar-refractivity contribution is 0.0602. The van der Waals surface area contributed by atoms with E-state index in [-0.39, 0.29) is 0 Å². The number of pyridine rings is 1. The first-order valence-corrected chi connectivity index (χ1v) is 5.70. The summed E-state index contributed by atoms with van der Waals surface area (Å²) in [6.07, 6.45) is 3.76. The summed E-state index contributed by atoms with van der Waals surface area (Å²) in [4.78, 5) is 15.6. The van der Waals surface area contributed by atoms with Crippen molar-refractivity contribution in [2.75, 3.05) is 18.2 Å². The molecule has 1 aliphatic carbocycles. The summed E-state index contributed by atoms with van der Waals surface area (Å²) in [6.45, 7) is 2.22. The molecular weight excluding hydrogens is 218 g/mol. The number of anilines is 2. The predicted molar refractivity (Wildman–Crippen MR) is 65.8 cm³/mol. The number of aromatic nitrogens is 1. The van der Waals surface area contributed by atoms with Gasteiger partial charge in [0.2, 0.25) is 0 Å². The van der Waals surface area contributed by atoms with Crippen molar-refractivity contribution in [3.8, 4) is 0 Å². The van der Waals surface area contributed by atoms with Crippen LogP contribution >= 0.6 is 0 Å². The molecule has 1 aromatic rings. The zero-order valence-corrected chi connectivity index (χ0v) is 10.1. The molecule has 3 N–H and O–H groups in total. The van der Waals surface area contributed by atoms with Crippen LogP contribution in [-0.2, 0) is 4.74 Å². The van der Waals surface area contributed by atoms with Crippen LogP contribution in [0.25, 0.3) is 0 Å². The molecule has 0 radical (unpaired) electrons. The number of esters is 1. The first kappa shape index (κ1) is 11.7. The lowest BCUT2D eigenvalue weighted by Gasteiger charge is -2.33. The molecule has 0 aliphatic heterocycles. The zero-order chi connectivity index (χ0) is 12.4. The fourth-order valence-electron chi connectivity index (χ4n) is 2.06. The van der Waals surface area contributed by atoms with Gasteiger partial charge in [-0.3, -0.25) is 0 Å². The molecule has 0 aromatic carbocycles. The summed E-state index contributed by atoms with van der Waals surface area (Å²) in [6, 6.07) is 2.09. The normalized spacial score (nSPS) is 22.7. The second kappa shape index (κ2) is 4.61. The quantitative estimate of drug-likeness (QED) is 0.779. The average Bonchev–Trinajstić information content (AvgIpc) is 2.28. The molecule has 1 aromatic heterocycles. The van der Waals surface area contributed by atoms with Crippen molar-refractivity contribution in [2.24, 2.45) is 5.92 Å². The van der Waals surface area contributed by atoms with E-state index < -0.39 is 5.97 Å². The monoisotopic (exact) mass is 235 g/mol. The van der Waals surface area contributed by atoms with Gasteiger partial charge >= 0.3 is 5.97 Å². The predicted octanol–water partition coefficient (Wildman–Crippen LogP) is 1.66. The summed E-state index contributed by atoms with van der Waals surface area (Å²) < 4.78 is 4.66. The van der Waals surface area contributed by atoms with E-state index in [9.17, 15) is 4.79 Å². The van der Waals surface area contributed by atoms with E-state index >= 15 is 0 Å². The van der Waals surface area contributed by atoms with Crippen LogP contribution in [0.1, 0.15) is 30.1 Å². The van der Waals surface area contributed by atoms with Gasteiger partial charge in [-0.25, -0.2) is 9.78 Å². The molecule has 1 fully saturated rings. The molecule has 1 saturated carbocycles. The van der Waals surface area contributed by atoms with Gasteiger partial charge in [-0.15, -0.1) is 0 Å². The molecule has 17 heavy (non-hydrogen) atoms. The van der Waals surface area contributed by atoms with Crippen LogP contribution in [0.2, 0.25) is 0 Å². The van der Waals surface area contributed by atoms with Crippen LogP contribution in [-0.4, -0.2) is 24.1 Å². The molecule has 0 unspecified atom stereocenters. The lowest BCUT2D eigenvalue weighted by atomic mass is 9.82. The van der Waals surface area contributed by atoms with Crippen molar-refractivity contribution >= 4 is 17.5 Å². The van der Waals surface area contributed by atoms with Crippen molar-refractivity contribution < 1.29 is 9.53 Å². The number of carbonyl (C=O) groups is 1. The van der Waals surface area contributed by atoms with Crippen molar-refractivity contribution in [1.29, 1.82) is 0 Å². The zero-order valence-electron chi connectivity index (χ0n) is 10.1. The fraction of sp³-hybridized carbons (Fsp3) is 0.500. The Morgan fingerprint density at radius 2 is 2.29 bits per heavy atom. The Kier molecular flexibility index (Phi) is 3.17. The molecule has 0 saturated heterocycles. The number of nitrogen functional groups attached to an aromatic ring is 1. The first-order valence-electron chi connectivity index (χ1n) is 5.70. The molecule has 1 aliphatic rings. The van der Waals surface area contributed by atoms with Gasteiger partial charge in [-0.05, 0) is 24.8 Å². The SMILES string of the molecule is COC(=O)c1cc(NC2CC(C)C2)ncc1N. The number of nitrogens with zero attached hydrogens (tertiary/aromatic N) is 1. The highest BCUT2D eigenvalue weighted by Crippen LogP contribution is 2.29. The van der Waals surface area contributed by atoms with Crippen molar-refractivity contribution in [3.05, 3.63) is 17.8 Å². The topological polar surface area (TPSA) is 77.2 Å². The molecule has 0 spiro atoms. The summed E-state index contributed by atoms with van der Waals surface area (Å²) in [5.74, 6) is 1.01. The van der Waals surface area contributed by atoms with Crippen LogP contribution in [0.15, 0.2) is 12.3 Å². The molecular formula is C12H17N3O2. The third kappa shape index (κ3) is 2.49. The number of nitrogens with one attached hydrogen (secondary N) is 1. The lowest BCUT2D eigenvalue weighted by Crippen LogP contribution is -2.34. The highest BCUT2D eigenvalue weighted by Gasteiger charge is 2.25. The van der Waals surface area contributed by atoms with E-state index in [2.05, 4.69) is 22.0 Å². The highest BCUT2D eigenvalue weighted by atomic mass is 16.5. The van der Waals surface area contributed by atoms with E-state index in [4.69, 9.17) is 5.73 Å². The average molecular weight is 235 g/mol. The number of rotatable bonds is 3. The number of hydrogen-bond donors (Lipinski definition) is 2. The maximum absolute atomic E-state index is 11.5. The Morgan fingerprint density at radius 1 is 1.59 bits per heavy atom. The number of nitrogens with two attached hydrogens (primary N) is 1. The van der Waals surface area contributed by atoms with Gasteiger partial charge in [0.15, 0.2) is 0 Å². The van der Waals surface area contributed by atoms with Gasteiger partial charge in [0, 0.05) is 6.04 Å². The Hall–Kier alpha value is -1.78. The van der Waals surface area contributed by atoms with Crippen molar-refractivity contribution in [3.63, 3.8) is 0 Å². The largest absolute Gasteiger partial charge is 0.465 e. The molecule has 0 amide bonds. The smallest absolute Gasteiger partial charge is 0.340 e. The van der Waals surface area contributed by atoms with Crippen LogP contribution in [0.5, 0.6) is 0 Å². The van der Waals surface area contributed by atoms with Gasteiger partial charge in [0.25, 0.3) is 0 Å². The summed E-state index contributed by atoms with van der Waals surface area (Å²) in [5, 5.41) is 3.28. The number of ether oxygens (including phenoxy) is 1. The summed E-state index contributed by atoms with van der Waals surface area (Å²) in [5.41, 5.74) is 6.37. The molecule has 0 atom stereocenters. The first-order chi connectivity index (χ1) is 8.10. The minimum Gasteiger partial charge on any atom is -0.465 e. The summed E-state index contributed by atoms with van der Waals surface area (Å²) in [7, 11) is 1.34. The Balaban J connectivity index is 2.10. The van der Waals surface area contributed by atoms with E-state index in [0.717, 1.165) is 18.8 Å². The van der Waals surface area contributed by atoms with Crippen molar-refractivity contribution in [1.82, 2.24) is 4.98 Å². The van der Waals surface area contributed by atoms with Crippen LogP contribution in [0, 0.1) is 5.92 Å². The van der Waals surface area contributed by atoms with E-state index in [1.54, 1.807) is 6.07 Å². The second-order valence-electron chi connectivity index (χ2n) is 4.57. The molecule has 0 bridgehead atoms. The number of methoxy groups -OCH3 is 1. The Labute approximate surface area is 100 Å². The minimum absolute atomic E-state index is 0.337. The standard InChI is InChI=1S/C12H17N3O2/c1-7-3-8(4-7)15-11-5-9(12(16)17-2)10(13)6-14-11/h5-8H,3-4,13H2,1-2H3,(H,14,15). The second-order valence-corrected chi connectivity index (χ2v) is 4.57. The van der Waals surface area contributed by atoms with Gasteiger partial charge in [-0.2, -0.15) is 0 Å². The fourth-order valence-corrected chi connectivity index (χ4v) is 2.06. The molecule has 1 heterocycles. The Morgan fingerprint density at radius 3 is 2.88 bits per heavy atom. The molecule has 92 valence electrons. The van der Waals surface area contributed by atoms with Gasteiger partial charge in [0.1, 0.15) is 5.82 Å². The third-order valence-electron chi connectivity index (χ3n) is 3.07. The maximum Gasteiger partial charge on any atom is 0.340 e. The van der Waals surface area contributed by atoms with Crippen molar-refractivity contribution in [2.45, 2.75) is 25.8 Å². The van der Waals surface area contributed by atoms with E-state index in [1.165, 1.54) is 13.3 Å². The van der Waals surface area contributed by atoms with E-state index in [0.29, 0.717) is 23.1 Å². The van der Waals surface area contributed by atoms with Gasteiger partial charge in [-0.1, -0.05) is 6.92 Å². The molecule has 5 heteroatoms. The highest BCUT2D eigenvalue weighted by molar-refractivity contribution is 5.95. The minimum atomic E-state index is -0.435. The molecule has 2 rings (SSSR count). The summed E-state index contributed by atoms with van der Waals surface area (Å²) >= 11 is 0. The van der Waals surface area contributed by atoms with Crippen LogP contribution in [0.4, 0.5) is 11.5 Å².